The van der Waals surface area contributed by atoms with Crippen molar-refractivity contribution in [3.05, 3.63) is 24.5 Å². The van der Waals surface area contributed by atoms with Gasteiger partial charge < -0.3 is 0 Å². The first-order chi connectivity index (χ1) is 5.02. The Bertz CT molecular complexity index is 241. The molecule has 0 aromatic carbocycles. The van der Waals surface area contributed by atoms with E-state index in [2.05, 4.69) is 0 Å². The van der Waals surface area contributed by atoms with Crippen LogP contribution in [-0.2, 0) is 0 Å². The van der Waals surface area contributed by atoms with Crippen LogP contribution in [0.25, 0.3) is 0 Å². The molecular formula is C9H13NO. The minimum absolute atomic E-state index is 0.127. The topological polar surface area (TPSA) is 22.0 Å². The van der Waals surface area contributed by atoms with Crippen molar-refractivity contribution in [2.45, 2.75) is 20.8 Å². The Morgan fingerprint density at radius 3 is 2.00 bits per heavy atom. The van der Waals surface area contributed by atoms with E-state index in [1.807, 2.05) is 32.9 Å². The predicted molar refractivity (Wildman–Crippen MR) is 44.5 cm³/mol. The molecule has 11 heavy (non-hydrogen) atoms. The molecular weight excluding hydrogens is 138 g/mol. The van der Waals surface area contributed by atoms with Crippen LogP contribution in [0.2, 0.25) is 0 Å². The average molecular weight is 151 g/mol. The molecule has 1 heterocycles. The highest BCUT2D eigenvalue weighted by atomic mass is 16.2. The summed E-state index contributed by atoms with van der Waals surface area (Å²) in [4.78, 5) is 11.5. The van der Waals surface area contributed by atoms with Crippen LogP contribution >= 0.6 is 0 Å². The van der Waals surface area contributed by atoms with Crippen molar-refractivity contribution in [1.29, 1.82) is 0 Å². The van der Waals surface area contributed by atoms with Gasteiger partial charge in [0.05, 0.1) is 0 Å². The van der Waals surface area contributed by atoms with E-state index in [4.69, 9.17) is 0 Å². The maximum Gasteiger partial charge on any atom is 0.235 e. The maximum absolute atomic E-state index is 11.5. The van der Waals surface area contributed by atoms with E-state index in [0.717, 1.165) is 0 Å². The van der Waals surface area contributed by atoms with Crippen molar-refractivity contribution in [3.63, 3.8) is 0 Å². The molecule has 0 radical (unpaired) electrons. The van der Waals surface area contributed by atoms with Crippen molar-refractivity contribution in [1.82, 2.24) is 4.57 Å². The summed E-state index contributed by atoms with van der Waals surface area (Å²) in [5.74, 6) is 0.127. The van der Waals surface area contributed by atoms with Gasteiger partial charge >= 0.3 is 0 Å². The molecule has 1 aromatic heterocycles. The van der Waals surface area contributed by atoms with E-state index >= 15 is 0 Å². The second kappa shape index (κ2) is 2.53. The van der Waals surface area contributed by atoms with E-state index in [9.17, 15) is 4.79 Å². The van der Waals surface area contributed by atoms with E-state index in [-0.39, 0.29) is 11.3 Å². The summed E-state index contributed by atoms with van der Waals surface area (Å²) < 4.78 is 1.61. The van der Waals surface area contributed by atoms with Gasteiger partial charge in [0.25, 0.3) is 0 Å². The number of hydrogen-bond donors (Lipinski definition) is 0. The fraction of sp³-hybridized carbons (Fsp3) is 0.444. The van der Waals surface area contributed by atoms with Crippen LogP contribution in [-0.4, -0.2) is 10.5 Å². The Hall–Kier alpha value is -1.05. The van der Waals surface area contributed by atoms with Crippen LogP contribution in [0.4, 0.5) is 0 Å². The molecule has 0 aliphatic carbocycles. The Balaban J connectivity index is 2.88. The van der Waals surface area contributed by atoms with Crippen molar-refractivity contribution in [2.24, 2.45) is 5.41 Å². The lowest BCUT2D eigenvalue weighted by Crippen LogP contribution is -2.25. The molecule has 1 aromatic rings. The molecule has 2 heteroatoms. The molecule has 0 spiro atoms. The van der Waals surface area contributed by atoms with Crippen molar-refractivity contribution in [2.75, 3.05) is 0 Å². The monoisotopic (exact) mass is 151 g/mol. The lowest BCUT2D eigenvalue weighted by Gasteiger charge is -2.16. The summed E-state index contributed by atoms with van der Waals surface area (Å²) in [6.07, 6.45) is 3.54. The second-order valence-electron chi connectivity index (χ2n) is 3.65. The molecule has 0 aliphatic rings. The standard InChI is InChI=1S/C9H13NO/c1-9(2,3)8(11)10-6-4-5-7-10/h4-7H,1-3H3. The van der Waals surface area contributed by atoms with Gasteiger partial charge in [-0.15, -0.1) is 0 Å². The van der Waals surface area contributed by atoms with Crippen LogP contribution in [0.5, 0.6) is 0 Å². The van der Waals surface area contributed by atoms with E-state index in [1.165, 1.54) is 0 Å². The van der Waals surface area contributed by atoms with Gasteiger partial charge in [-0.25, -0.2) is 0 Å². The molecule has 0 bridgehead atoms. The first kappa shape index (κ1) is 8.05. The van der Waals surface area contributed by atoms with Crippen LogP contribution in [0, 0.1) is 5.41 Å². The summed E-state index contributed by atoms with van der Waals surface area (Å²) in [5, 5.41) is 0. The smallest absolute Gasteiger partial charge is 0.235 e. The molecule has 2 nitrogen and oxygen atoms in total. The maximum atomic E-state index is 11.5. The third-order valence-corrected chi connectivity index (χ3v) is 1.48. The zero-order valence-electron chi connectivity index (χ0n) is 7.16. The van der Waals surface area contributed by atoms with Crippen molar-refractivity contribution < 1.29 is 4.79 Å². The third kappa shape index (κ3) is 1.70. The van der Waals surface area contributed by atoms with Crippen molar-refractivity contribution >= 4 is 5.91 Å². The lowest BCUT2D eigenvalue weighted by atomic mass is 9.96. The number of nitrogens with zero attached hydrogens (tertiary/aromatic N) is 1. The number of rotatable bonds is 0. The lowest BCUT2D eigenvalue weighted by molar-refractivity contribution is 0.0767. The zero-order valence-corrected chi connectivity index (χ0v) is 7.16. The van der Waals surface area contributed by atoms with Gasteiger partial charge in [0.15, 0.2) is 0 Å². The third-order valence-electron chi connectivity index (χ3n) is 1.48. The first-order valence-corrected chi connectivity index (χ1v) is 3.69. The molecule has 0 amide bonds. The van der Waals surface area contributed by atoms with Gasteiger partial charge in [0.2, 0.25) is 5.91 Å². The summed E-state index contributed by atoms with van der Waals surface area (Å²) in [7, 11) is 0. The number of carbonyl (C=O) groups is 1. The highest BCUT2D eigenvalue weighted by molar-refractivity contribution is 5.83. The Morgan fingerprint density at radius 2 is 1.64 bits per heavy atom. The predicted octanol–water partition coefficient (Wildman–Crippen LogP) is 2.17. The van der Waals surface area contributed by atoms with Gasteiger partial charge in [-0.05, 0) is 12.1 Å². The molecule has 0 atom stereocenters. The van der Waals surface area contributed by atoms with Gasteiger partial charge in [0, 0.05) is 17.8 Å². The molecule has 1 rings (SSSR count). The number of carbonyl (C=O) groups excluding carboxylic acids is 1. The highest BCUT2D eigenvalue weighted by Gasteiger charge is 2.21. The number of aromatic nitrogens is 1. The normalized spacial score (nSPS) is 11.5. The van der Waals surface area contributed by atoms with E-state index in [0.29, 0.717) is 0 Å². The SMILES string of the molecule is CC(C)(C)C(=O)n1cccc1. The largest absolute Gasteiger partial charge is 0.294 e. The molecule has 0 saturated carbocycles. The molecule has 0 saturated heterocycles. The Morgan fingerprint density at radius 1 is 1.18 bits per heavy atom. The molecule has 0 aliphatic heterocycles. The molecule has 0 unspecified atom stereocenters. The quantitative estimate of drug-likeness (QED) is 0.557. The summed E-state index contributed by atoms with van der Waals surface area (Å²) in [6, 6.07) is 3.70. The fourth-order valence-electron chi connectivity index (χ4n) is 0.857. The van der Waals surface area contributed by atoms with Crippen LogP contribution in [0.3, 0.4) is 0 Å². The fourth-order valence-corrected chi connectivity index (χ4v) is 0.857. The first-order valence-electron chi connectivity index (χ1n) is 3.69. The molecule has 0 N–H and O–H groups in total. The van der Waals surface area contributed by atoms with E-state index in [1.54, 1.807) is 17.0 Å². The number of hydrogen-bond acceptors (Lipinski definition) is 1. The van der Waals surface area contributed by atoms with Gasteiger partial charge in [-0.3, -0.25) is 9.36 Å². The summed E-state index contributed by atoms with van der Waals surface area (Å²) in [5.41, 5.74) is -0.293. The van der Waals surface area contributed by atoms with E-state index < -0.39 is 0 Å². The summed E-state index contributed by atoms with van der Waals surface area (Å²) >= 11 is 0. The zero-order chi connectivity index (χ0) is 8.48. The molecule has 60 valence electrons. The van der Waals surface area contributed by atoms with Crippen LogP contribution in [0.15, 0.2) is 24.5 Å². The minimum Gasteiger partial charge on any atom is -0.294 e. The Labute approximate surface area is 66.8 Å². The van der Waals surface area contributed by atoms with Gasteiger partial charge in [-0.2, -0.15) is 0 Å². The van der Waals surface area contributed by atoms with Gasteiger partial charge in [0.1, 0.15) is 0 Å². The highest BCUT2D eigenvalue weighted by Crippen LogP contribution is 2.15. The van der Waals surface area contributed by atoms with Crippen LogP contribution < -0.4 is 0 Å². The Kier molecular flexibility index (Phi) is 1.85. The summed E-state index contributed by atoms with van der Waals surface area (Å²) in [6.45, 7) is 5.74. The second-order valence-corrected chi connectivity index (χ2v) is 3.65. The van der Waals surface area contributed by atoms with Crippen LogP contribution in [0.1, 0.15) is 25.6 Å². The van der Waals surface area contributed by atoms with Crippen molar-refractivity contribution in [3.8, 4) is 0 Å². The van der Waals surface area contributed by atoms with Gasteiger partial charge in [-0.1, -0.05) is 20.8 Å². The minimum atomic E-state index is -0.293. The molecule has 0 fully saturated rings. The average Bonchev–Trinajstić information content (AvgIpc) is 2.34.